The van der Waals surface area contributed by atoms with Gasteiger partial charge in [0.2, 0.25) is 7.29 Å². The fourth-order valence-electron chi connectivity index (χ4n) is 6.52. The number of pyridine rings is 2. The summed E-state index contributed by atoms with van der Waals surface area (Å²) in [4.78, 5) is 10.8. The van der Waals surface area contributed by atoms with Crippen LogP contribution in [0.4, 0.5) is 17.1 Å². The third-order valence-electron chi connectivity index (χ3n) is 8.56. The van der Waals surface area contributed by atoms with Crippen LogP contribution < -0.4 is 26.1 Å². The van der Waals surface area contributed by atoms with Gasteiger partial charge in [-0.2, -0.15) is 0 Å². The van der Waals surface area contributed by atoms with Gasteiger partial charge in [-0.1, -0.05) is 38.1 Å². The molecule has 7 rings (SSSR count). The Hall–Kier alpha value is -3.82. The van der Waals surface area contributed by atoms with Crippen molar-refractivity contribution in [2.45, 2.75) is 20.8 Å². The molecule has 4 heterocycles. The van der Waals surface area contributed by atoms with Crippen molar-refractivity contribution in [3.8, 4) is 22.3 Å². The lowest BCUT2D eigenvalue weighted by atomic mass is 10.0. The molecule has 6 nitrogen and oxygen atoms in total. The minimum atomic E-state index is -3.31. The molecule has 2 aromatic heterocycles. The Morgan fingerprint density at radius 2 is 1.24 bits per heavy atom. The first-order valence-electron chi connectivity index (χ1n) is 14.3. The number of nitrogens with zero attached hydrogens (tertiary/aromatic N) is 4. The Morgan fingerprint density at radius 3 is 1.79 bits per heavy atom. The molecule has 0 N–H and O–H groups in total. The van der Waals surface area contributed by atoms with Crippen LogP contribution in [0.3, 0.4) is 0 Å². The second-order valence-electron chi connectivity index (χ2n) is 11.0. The van der Waals surface area contributed by atoms with Gasteiger partial charge in [-0.25, -0.2) is 4.67 Å². The first kappa shape index (κ1) is 27.0. The van der Waals surface area contributed by atoms with Gasteiger partial charge in [0, 0.05) is 59.6 Å². The second kappa shape index (κ2) is 9.88. The first-order valence-corrected chi connectivity index (χ1v) is 18.1. The van der Waals surface area contributed by atoms with E-state index in [1.54, 1.807) is 12.4 Å². The topological polar surface area (TPSA) is 66.4 Å². The molecule has 3 aromatic carbocycles. The molecule has 0 radical (unpaired) electrons. The zero-order valence-electron chi connectivity index (χ0n) is 24.2. The van der Waals surface area contributed by atoms with E-state index in [1.807, 2.05) is 56.3 Å². The quantitative estimate of drug-likeness (QED) is 0.212. The number of aryl methyl sites for hydroxylation is 1. The summed E-state index contributed by atoms with van der Waals surface area (Å²) in [6, 6.07) is 24.4. The molecule has 2 unspecified atom stereocenters. The van der Waals surface area contributed by atoms with Gasteiger partial charge >= 0.3 is 0 Å². The van der Waals surface area contributed by atoms with Gasteiger partial charge in [0.15, 0.2) is 0 Å². The monoisotopic (exact) mass is 590 g/mol. The predicted molar refractivity (Wildman–Crippen MR) is 175 cm³/mol. The van der Waals surface area contributed by atoms with Crippen molar-refractivity contribution in [1.82, 2.24) is 14.6 Å². The first-order chi connectivity index (χ1) is 20.3. The van der Waals surface area contributed by atoms with E-state index in [0.717, 1.165) is 66.1 Å². The van der Waals surface area contributed by atoms with E-state index in [9.17, 15) is 4.57 Å². The summed E-state index contributed by atoms with van der Waals surface area (Å²) >= 11 is 0. The van der Waals surface area contributed by atoms with E-state index in [2.05, 4.69) is 75.9 Å². The Labute approximate surface area is 246 Å². The summed E-state index contributed by atoms with van der Waals surface area (Å²) in [5.74, 6) is 0. The van der Waals surface area contributed by atoms with Crippen LogP contribution in [0, 0.1) is 6.92 Å². The number of anilines is 3. The standard InChI is InChI=1S/C34H32N4O2P2/c1-5-37(6-2)42(40)31-20-25(27-10-8-16-36-22-27)12-14-29(31)38-28-13-11-24(26-9-7-15-35-21-26)19-30(28)41(4,39)32-17-23(3)18-33(42)34(32)38/h7-22H,5-6H2,1-4H3. The van der Waals surface area contributed by atoms with Gasteiger partial charge < -0.3 is 9.46 Å². The van der Waals surface area contributed by atoms with Crippen LogP contribution in [0.1, 0.15) is 19.4 Å². The van der Waals surface area contributed by atoms with Gasteiger partial charge in [-0.3, -0.25) is 14.5 Å². The van der Waals surface area contributed by atoms with E-state index < -0.39 is 14.4 Å². The Balaban J connectivity index is 1.57. The maximum absolute atomic E-state index is 15.8. The second-order valence-corrected chi connectivity index (χ2v) is 16.5. The average molecular weight is 591 g/mol. The number of hydrogen-bond acceptors (Lipinski definition) is 5. The smallest absolute Gasteiger partial charge is 0.211 e. The lowest BCUT2D eigenvalue weighted by Gasteiger charge is -2.46. The SMILES string of the molecule is CCN(CC)P1(=O)c2cc(-c3cccnc3)ccc2N2c3ccc(-c4cccnc4)cc3P(C)(=O)c3cc(C)cc1c32. The molecule has 2 atom stereocenters. The molecular weight excluding hydrogens is 558 g/mol. The van der Waals surface area contributed by atoms with Gasteiger partial charge in [0.25, 0.3) is 0 Å². The van der Waals surface area contributed by atoms with Crippen LogP contribution in [-0.2, 0) is 9.13 Å². The molecule has 5 aromatic rings. The molecule has 0 spiro atoms. The highest BCUT2D eigenvalue weighted by Crippen LogP contribution is 2.61. The summed E-state index contributed by atoms with van der Waals surface area (Å²) in [6.45, 7) is 9.24. The molecule has 210 valence electrons. The minimum Gasteiger partial charge on any atom is -0.314 e. The lowest BCUT2D eigenvalue weighted by molar-refractivity contribution is 0.458. The van der Waals surface area contributed by atoms with Gasteiger partial charge in [-0.15, -0.1) is 0 Å². The Bertz CT molecular complexity index is 1960. The van der Waals surface area contributed by atoms with E-state index in [1.165, 1.54) is 0 Å². The van der Waals surface area contributed by atoms with Crippen LogP contribution in [0.15, 0.2) is 97.6 Å². The number of hydrogen-bond donors (Lipinski definition) is 0. The van der Waals surface area contributed by atoms with Crippen molar-refractivity contribution in [1.29, 1.82) is 0 Å². The third kappa shape index (κ3) is 3.83. The van der Waals surface area contributed by atoms with Gasteiger partial charge in [-0.05, 0) is 78.8 Å². The van der Waals surface area contributed by atoms with Crippen LogP contribution in [0.5, 0.6) is 0 Å². The van der Waals surface area contributed by atoms with Crippen molar-refractivity contribution < 1.29 is 9.13 Å². The fraction of sp³-hybridized carbons (Fsp3) is 0.176. The number of benzene rings is 3. The molecule has 0 bridgehead atoms. The van der Waals surface area contributed by atoms with Crippen molar-refractivity contribution in [2.24, 2.45) is 0 Å². The zero-order valence-corrected chi connectivity index (χ0v) is 25.9. The summed E-state index contributed by atoms with van der Waals surface area (Å²) in [6.07, 6.45) is 7.19. The molecule has 0 aliphatic carbocycles. The number of aromatic nitrogens is 2. The fourth-order valence-corrected chi connectivity index (χ4v) is 12.3. The van der Waals surface area contributed by atoms with Crippen molar-refractivity contribution >= 4 is 52.7 Å². The molecule has 0 saturated carbocycles. The predicted octanol–water partition coefficient (Wildman–Crippen LogP) is 6.73. The van der Waals surface area contributed by atoms with Crippen LogP contribution >= 0.6 is 14.4 Å². The van der Waals surface area contributed by atoms with E-state index in [-0.39, 0.29) is 0 Å². The Kier molecular flexibility index (Phi) is 6.36. The molecule has 0 fully saturated rings. The van der Waals surface area contributed by atoms with Gasteiger partial charge in [0.05, 0.1) is 27.7 Å². The maximum atomic E-state index is 15.8. The summed E-state index contributed by atoms with van der Waals surface area (Å²) in [7, 11) is -6.37. The van der Waals surface area contributed by atoms with Gasteiger partial charge in [0.1, 0.15) is 7.14 Å². The Morgan fingerprint density at radius 1 is 0.690 bits per heavy atom. The third-order valence-corrected chi connectivity index (χ3v) is 14.5. The molecule has 2 aliphatic heterocycles. The summed E-state index contributed by atoms with van der Waals surface area (Å²) in [5.41, 5.74) is 7.39. The number of fused-ring (bicyclic) bond motifs is 4. The zero-order chi connectivity index (χ0) is 29.2. The average Bonchev–Trinajstić information content (AvgIpc) is 3.02. The molecule has 0 saturated heterocycles. The highest BCUT2D eigenvalue weighted by molar-refractivity contribution is 7.80. The minimum absolute atomic E-state index is 0.627. The van der Waals surface area contributed by atoms with Crippen molar-refractivity contribution in [2.75, 3.05) is 24.7 Å². The highest BCUT2D eigenvalue weighted by atomic mass is 31.2. The molecule has 8 heteroatoms. The van der Waals surface area contributed by atoms with E-state index >= 15 is 4.57 Å². The summed E-state index contributed by atoms with van der Waals surface area (Å²) < 4.78 is 32.8. The normalized spacial score (nSPS) is 20.2. The summed E-state index contributed by atoms with van der Waals surface area (Å²) in [5, 5.41) is 3.13. The number of rotatable bonds is 5. The maximum Gasteiger partial charge on any atom is 0.211 e. The molecule has 42 heavy (non-hydrogen) atoms. The molecular formula is C34H32N4O2P2. The molecule has 2 aliphatic rings. The van der Waals surface area contributed by atoms with Crippen LogP contribution in [0.25, 0.3) is 22.3 Å². The van der Waals surface area contributed by atoms with Crippen LogP contribution in [-0.4, -0.2) is 34.4 Å². The van der Waals surface area contributed by atoms with Crippen molar-refractivity contribution in [3.63, 3.8) is 0 Å². The highest BCUT2D eigenvalue weighted by Gasteiger charge is 2.49. The lowest BCUT2D eigenvalue weighted by Crippen LogP contribution is -2.46. The van der Waals surface area contributed by atoms with Crippen molar-refractivity contribution in [3.05, 3.63) is 103 Å². The van der Waals surface area contributed by atoms with Crippen LogP contribution in [0.2, 0.25) is 0 Å². The largest absolute Gasteiger partial charge is 0.314 e. The van der Waals surface area contributed by atoms with E-state index in [0.29, 0.717) is 13.1 Å². The van der Waals surface area contributed by atoms with E-state index in [4.69, 9.17) is 0 Å². The molecule has 0 amide bonds.